The smallest absolute Gasteiger partial charge is 0.306 e. The monoisotopic (exact) mass is 218 g/mol. The molecule has 0 aromatic heterocycles. The molecule has 2 heteroatoms. The van der Waals surface area contributed by atoms with Crippen LogP contribution in [0.25, 0.3) is 5.57 Å². The lowest BCUT2D eigenvalue weighted by molar-refractivity contribution is -0.142. The molecule has 0 amide bonds. The van der Waals surface area contributed by atoms with Crippen LogP contribution >= 0.6 is 0 Å². The van der Waals surface area contributed by atoms with Gasteiger partial charge in [-0.05, 0) is 31.4 Å². The van der Waals surface area contributed by atoms with Crippen molar-refractivity contribution >= 4 is 11.5 Å². The number of benzene rings is 1. The Kier molecular flexibility index (Phi) is 4.77. The summed E-state index contributed by atoms with van der Waals surface area (Å²) < 4.78 is 4.87. The number of aryl methyl sites for hydroxylation is 1. The molecule has 0 spiro atoms. The molecular weight excluding hydrogens is 200 g/mol. The minimum atomic E-state index is -0.157. The molecule has 1 rings (SSSR count). The summed E-state index contributed by atoms with van der Waals surface area (Å²) in [5, 5.41) is 0. The van der Waals surface area contributed by atoms with Crippen LogP contribution in [-0.2, 0) is 9.53 Å². The Morgan fingerprint density at radius 3 is 2.44 bits per heavy atom. The van der Waals surface area contributed by atoms with Crippen LogP contribution in [-0.4, -0.2) is 12.6 Å². The van der Waals surface area contributed by atoms with E-state index in [9.17, 15) is 4.79 Å². The zero-order valence-electron chi connectivity index (χ0n) is 9.95. The van der Waals surface area contributed by atoms with Crippen LogP contribution in [0.4, 0.5) is 0 Å². The van der Waals surface area contributed by atoms with E-state index in [1.807, 2.05) is 38.1 Å². The molecule has 1 aromatic carbocycles. The van der Waals surface area contributed by atoms with Gasteiger partial charge in [0, 0.05) is 6.42 Å². The number of ether oxygens (including phenoxy) is 1. The van der Waals surface area contributed by atoms with Gasteiger partial charge in [-0.2, -0.15) is 0 Å². The van der Waals surface area contributed by atoms with Gasteiger partial charge in [-0.1, -0.05) is 36.4 Å². The molecule has 0 unspecified atom stereocenters. The fraction of sp³-hybridized carbons (Fsp3) is 0.357. The predicted octanol–water partition coefficient (Wildman–Crippen LogP) is 3.35. The molecule has 0 aliphatic heterocycles. The number of hydrogen-bond acceptors (Lipinski definition) is 2. The summed E-state index contributed by atoms with van der Waals surface area (Å²) in [6.07, 6.45) is 1.06. The molecule has 1 aromatic rings. The molecule has 0 atom stereocenters. The van der Waals surface area contributed by atoms with Crippen molar-refractivity contribution in [2.75, 3.05) is 6.61 Å². The molecule has 0 aliphatic carbocycles. The second-order valence-corrected chi connectivity index (χ2v) is 3.77. The number of esters is 1. The van der Waals surface area contributed by atoms with E-state index < -0.39 is 0 Å². The molecule has 0 N–H and O–H groups in total. The third-order valence-electron chi connectivity index (χ3n) is 2.40. The Morgan fingerprint density at radius 2 is 1.88 bits per heavy atom. The first-order chi connectivity index (χ1) is 7.63. The summed E-state index contributed by atoms with van der Waals surface area (Å²) in [5.41, 5.74) is 3.30. The fourth-order valence-corrected chi connectivity index (χ4v) is 1.42. The number of carbonyl (C=O) groups excluding carboxylic acids is 1. The standard InChI is InChI=1S/C14H18O2/c1-4-16-14(15)10-7-12(3)13-8-5-11(2)6-9-13/h5-6,8-9H,3-4,7,10H2,1-2H3. The van der Waals surface area contributed by atoms with Crippen LogP contribution in [0.5, 0.6) is 0 Å². The number of hydrogen-bond donors (Lipinski definition) is 0. The van der Waals surface area contributed by atoms with Crippen molar-refractivity contribution in [2.24, 2.45) is 0 Å². The van der Waals surface area contributed by atoms with Crippen molar-refractivity contribution < 1.29 is 9.53 Å². The highest BCUT2D eigenvalue weighted by molar-refractivity contribution is 5.73. The minimum absolute atomic E-state index is 0.157. The molecule has 0 aliphatic rings. The maximum absolute atomic E-state index is 11.2. The Morgan fingerprint density at radius 1 is 1.25 bits per heavy atom. The van der Waals surface area contributed by atoms with Crippen LogP contribution in [0.1, 0.15) is 30.9 Å². The van der Waals surface area contributed by atoms with E-state index in [1.54, 1.807) is 0 Å². The Balaban J connectivity index is 2.47. The summed E-state index contributed by atoms with van der Waals surface area (Å²) >= 11 is 0. The highest BCUT2D eigenvalue weighted by Gasteiger charge is 2.04. The lowest BCUT2D eigenvalue weighted by Crippen LogP contribution is -2.03. The lowest BCUT2D eigenvalue weighted by atomic mass is 10.0. The molecule has 0 bridgehead atoms. The Hall–Kier alpha value is -1.57. The molecule has 0 heterocycles. The van der Waals surface area contributed by atoms with Crippen molar-refractivity contribution in [2.45, 2.75) is 26.7 Å². The second-order valence-electron chi connectivity index (χ2n) is 3.77. The molecule has 86 valence electrons. The summed E-state index contributed by atoms with van der Waals surface area (Å²) in [7, 11) is 0. The molecule has 16 heavy (non-hydrogen) atoms. The molecule has 0 saturated carbocycles. The maximum Gasteiger partial charge on any atom is 0.306 e. The average Bonchev–Trinajstić information content (AvgIpc) is 2.27. The topological polar surface area (TPSA) is 26.3 Å². The first-order valence-corrected chi connectivity index (χ1v) is 5.54. The van der Waals surface area contributed by atoms with Gasteiger partial charge in [-0.25, -0.2) is 0 Å². The van der Waals surface area contributed by atoms with Gasteiger partial charge in [0.25, 0.3) is 0 Å². The molecule has 0 saturated heterocycles. The highest BCUT2D eigenvalue weighted by Crippen LogP contribution is 2.18. The second kappa shape index (κ2) is 6.11. The van der Waals surface area contributed by atoms with Crippen molar-refractivity contribution in [3.63, 3.8) is 0 Å². The summed E-state index contributed by atoms with van der Waals surface area (Å²) in [6.45, 7) is 8.28. The summed E-state index contributed by atoms with van der Waals surface area (Å²) in [4.78, 5) is 11.2. The van der Waals surface area contributed by atoms with E-state index in [4.69, 9.17) is 4.74 Å². The molecular formula is C14H18O2. The van der Waals surface area contributed by atoms with E-state index in [1.165, 1.54) is 5.56 Å². The predicted molar refractivity (Wildman–Crippen MR) is 66.1 cm³/mol. The van der Waals surface area contributed by atoms with Crippen LogP contribution in [0.15, 0.2) is 30.8 Å². The zero-order valence-corrected chi connectivity index (χ0v) is 9.95. The van der Waals surface area contributed by atoms with Crippen LogP contribution < -0.4 is 0 Å². The van der Waals surface area contributed by atoms with E-state index in [0.717, 1.165) is 11.1 Å². The molecule has 2 nitrogen and oxygen atoms in total. The minimum Gasteiger partial charge on any atom is -0.466 e. The highest BCUT2D eigenvalue weighted by atomic mass is 16.5. The fourth-order valence-electron chi connectivity index (χ4n) is 1.42. The van der Waals surface area contributed by atoms with E-state index >= 15 is 0 Å². The van der Waals surface area contributed by atoms with Gasteiger partial charge in [0.2, 0.25) is 0 Å². The normalized spacial score (nSPS) is 9.88. The van der Waals surface area contributed by atoms with Gasteiger partial charge in [-0.3, -0.25) is 4.79 Å². The number of allylic oxidation sites excluding steroid dienone is 1. The third-order valence-corrected chi connectivity index (χ3v) is 2.40. The summed E-state index contributed by atoms with van der Waals surface area (Å²) in [5.74, 6) is -0.157. The Labute approximate surface area is 96.9 Å². The van der Waals surface area contributed by atoms with Crippen LogP contribution in [0, 0.1) is 6.92 Å². The van der Waals surface area contributed by atoms with Crippen molar-refractivity contribution in [3.8, 4) is 0 Å². The van der Waals surface area contributed by atoms with Gasteiger partial charge in [-0.15, -0.1) is 0 Å². The van der Waals surface area contributed by atoms with Crippen LogP contribution in [0.3, 0.4) is 0 Å². The summed E-state index contributed by atoms with van der Waals surface area (Å²) in [6, 6.07) is 8.15. The van der Waals surface area contributed by atoms with Gasteiger partial charge in [0.15, 0.2) is 0 Å². The Bertz CT molecular complexity index is 363. The van der Waals surface area contributed by atoms with E-state index in [-0.39, 0.29) is 5.97 Å². The van der Waals surface area contributed by atoms with Gasteiger partial charge in [0.05, 0.1) is 6.61 Å². The van der Waals surface area contributed by atoms with E-state index in [0.29, 0.717) is 19.4 Å². The van der Waals surface area contributed by atoms with Crippen LogP contribution in [0.2, 0.25) is 0 Å². The third kappa shape index (κ3) is 3.89. The number of carbonyl (C=O) groups is 1. The first kappa shape index (κ1) is 12.5. The van der Waals surface area contributed by atoms with Crippen molar-refractivity contribution in [3.05, 3.63) is 42.0 Å². The largest absolute Gasteiger partial charge is 0.466 e. The SMILES string of the molecule is C=C(CCC(=O)OCC)c1ccc(C)cc1. The van der Waals surface area contributed by atoms with Crippen molar-refractivity contribution in [1.29, 1.82) is 0 Å². The van der Waals surface area contributed by atoms with Gasteiger partial charge >= 0.3 is 5.97 Å². The maximum atomic E-state index is 11.2. The van der Waals surface area contributed by atoms with Crippen molar-refractivity contribution in [1.82, 2.24) is 0 Å². The van der Waals surface area contributed by atoms with Gasteiger partial charge in [0.1, 0.15) is 0 Å². The number of rotatable bonds is 5. The van der Waals surface area contributed by atoms with E-state index in [2.05, 4.69) is 6.58 Å². The molecule has 0 fully saturated rings. The lowest BCUT2D eigenvalue weighted by Gasteiger charge is -2.06. The molecule has 0 radical (unpaired) electrons. The zero-order chi connectivity index (χ0) is 12.0. The first-order valence-electron chi connectivity index (χ1n) is 5.54. The average molecular weight is 218 g/mol. The quantitative estimate of drug-likeness (QED) is 0.708. The van der Waals surface area contributed by atoms with Gasteiger partial charge < -0.3 is 4.74 Å².